The minimum Gasteiger partial charge on any atom is -0.455 e. The Hall–Kier alpha value is -2.45. The third kappa shape index (κ3) is 7.28. The van der Waals surface area contributed by atoms with Crippen molar-refractivity contribution in [3.8, 4) is 0 Å². The number of primary amides is 1. The summed E-state index contributed by atoms with van der Waals surface area (Å²) in [5.41, 5.74) is 13.2. The van der Waals surface area contributed by atoms with E-state index in [1.807, 2.05) is 19.9 Å². The Morgan fingerprint density at radius 2 is 2.14 bits per heavy atom. The molecule has 1 amide bonds. The molecule has 0 atom stereocenters. The van der Waals surface area contributed by atoms with E-state index in [2.05, 4.69) is 11.7 Å². The molecule has 0 fully saturated rings. The molecule has 0 radical (unpaired) electrons. The summed E-state index contributed by atoms with van der Waals surface area (Å²) in [6.45, 7) is 7.13. The van der Waals surface area contributed by atoms with Crippen LogP contribution in [-0.4, -0.2) is 23.8 Å². The summed E-state index contributed by atoms with van der Waals surface area (Å²) in [5, 5.41) is 0.439. The fourth-order valence-electron chi connectivity index (χ4n) is 2.30. The number of nitrogens with two attached hydrogens (primary N) is 2. The van der Waals surface area contributed by atoms with E-state index < -0.39 is 5.91 Å². The molecular weight excluding hydrogens is 394 g/mol. The predicted molar refractivity (Wildman–Crippen MR) is 119 cm³/mol. The standard InChI is InChI=1S/C20H25N3O3S2/c1-4-16(7-5-6-15(12-24)23-3)26-18-10-17(27)14(11-21)9-8-13(2)19(28-18)20(22)25/h6-7,10-12H,3-5,8-9,21H2,1-2H3,(H2,22,25)/b14-11?,15-6-,16-7+,18-10+,19-13+. The van der Waals surface area contributed by atoms with Gasteiger partial charge in [-0.05, 0) is 62.5 Å². The van der Waals surface area contributed by atoms with Crippen LogP contribution in [-0.2, 0) is 14.3 Å². The molecule has 0 aromatic carbocycles. The Labute approximate surface area is 175 Å². The lowest BCUT2D eigenvalue weighted by Gasteiger charge is -2.13. The molecule has 1 rings (SSSR count). The van der Waals surface area contributed by atoms with Crippen LogP contribution in [0.25, 0.3) is 0 Å². The van der Waals surface area contributed by atoms with E-state index in [1.54, 1.807) is 12.2 Å². The zero-order valence-electron chi connectivity index (χ0n) is 16.1. The number of amides is 1. The predicted octanol–water partition coefficient (Wildman–Crippen LogP) is 3.81. The highest BCUT2D eigenvalue weighted by Crippen LogP contribution is 2.34. The van der Waals surface area contributed by atoms with Crippen LogP contribution in [0.4, 0.5) is 0 Å². The van der Waals surface area contributed by atoms with Crippen molar-refractivity contribution >= 4 is 47.8 Å². The van der Waals surface area contributed by atoms with E-state index in [4.69, 9.17) is 28.4 Å². The molecule has 0 saturated carbocycles. The van der Waals surface area contributed by atoms with Crippen LogP contribution in [0, 0.1) is 0 Å². The number of carbonyl (C=O) groups is 2. The van der Waals surface area contributed by atoms with Crippen molar-refractivity contribution in [1.29, 1.82) is 0 Å². The highest BCUT2D eigenvalue weighted by molar-refractivity contribution is 8.07. The van der Waals surface area contributed by atoms with Gasteiger partial charge in [0.2, 0.25) is 0 Å². The summed E-state index contributed by atoms with van der Waals surface area (Å²) in [6, 6.07) is 0. The summed E-state index contributed by atoms with van der Waals surface area (Å²) in [4.78, 5) is 27.3. The summed E-state index contributed by atoms with van der Waals surface area (Å²) >= 11 is 6.61. The third-order valence-electron chi connectivity index (χ3n) is 3.91. The van der Waals surface area contributed by atoms with Gasteiger partial charge in [-0.2, -0.15) is 0 Å². The van der Waals surface area contributed by atoms with Gasteiger partial charge in [-0.25, -0.2) is 0 Å². The number of allylic oxidation sites excluding steroid dienone is 7. The van der Waals surface area contributed by atoms with Crippen molar-refractivity contribution in [3.05, 3.63) is 57.0 Å². The van der Waals surface area contributed by atoms with E-state index in [0.29, 0.717) is 52.6 Å². The quantitative estimate of drug-likeness (QED) is 0.204. The second-order valence-corrected chi connectivity index (χ2v) is 7.32. The Balaban J connectivity index is 3.21. The number of aldehydes is 1. The first-order valence-corrected chi connectivity index (χ1v) is 9.91. The van der Waals surface area contributed by atoms with Gasteiger partial charge in [0.15, 0.2) is 11.4 Å². The first-order valence-electron chi connectivity index (χ1n) is 8.69. The zero-order chi connectivity index (χ0) is 21.1. The van der Waals surface area contributed by atoms with Crippen LogP contribution in [0.15, 0.2) is 62.0 Å². The molecule has 8 heteroatoms. The van der Waals surface area contributed by atoms with Gasteiger partial charge in [0.25, 0.3) is 5.91 Å². The Morgan fingerprint density at radius 1 is 1.43 bits per heavy atom. The molecule has 1 aliphatic rings. The maximum Gasteiger partial charge on any atom is 0.255 e. The summed E-state index contributed by atoms with van der Waals surface area (Å²) in [5.74, 6) is 0.145. The average molecular weight is 420 g/mol. The molecule has 0 aromatic heterocycles. The van der Waals surface area contributed by atoms with E-state index >= 15 is 0 Å². The Bertz CT molecular complexity index is 796. The van der Waals surface area contributed by atoms with Gasteiger partial charge in [0.05, 0.1) is 10.6 Å². The van der Waals surface area contributed by atoms with Crippen molar-refractivity contribution in [2.24, 2.45) is 16.5 Å². The highest BCUT2D eigenvalue weighted by Gasteiger charge is 2.19. The van der Waals surface area contributed by atoms with Crippen LogP contribution < -0.4 is 11.5 Å². The number of thioether (sulfide) groups is 1. The number of aliphatic imine (C=N–C) groups is 1. The molecule has 6 nitrogen and oxygen atoms in total. The van der Waals surface area contributed by atoms with Crippen LogP contribution in [0.3, 0.4) is 0 Å². The van der Waals surface area contributed by atoms with Crippen LogP contribution in [0.1, 0.15) is 39.5 Å². The number of carbonyl (C=O) groups excluding carboxylic acids is 2. The van der Waals surface area contributed by atoms with Crippen LogP contribution in [0.2, 0.25) is 0 Å². The number of hydrogen-bond donors (Lipinski definition) is 2. The number of ether oxygens (including phenoxy) is 1. The van der Waals surface area contributed by atoms with Crippen molar-refractivity contribution in [2.45, 2.75) is 39.5 Å². The lowest BCUT2D eigenvalue weighted by Crippen LogP contribution is -2.14. The number of nitrogens with zero attached hydrogens (tertiary/aromatic N) is 1. The molecule has 4 N–H and O–H groups in total. The van der Waals surface area contributed by atoms with E-state index in [9.17, 15) is 9.59 Å². The van der Waals surface area contributed by atoms with Crippen molar-refractivity contribution in [1.82, 2.24) is 0 Å². The first-order chi connectivity index (χ1) is 13.4. The first kappa shape index (κ1) is 23.6. The topological polar surface area (TPSA) is 108 Å². The van der Waals surface area contributed by atoms with Gasteiger partial charge in [0.1, 0.15) is 5.76 Å². The van der Waals surface area contributed by atoms with Gasteiger partial charge in [-0.15, -0.1) is 0 Å². The number of hydrogen-bond acceptors (Lipinski definition) is 7. The molecular formula is C20H25N3O3S2. The van der Waals surface area contributed by atoms with Crippen molar-refractivity contribution < 1.29 is 14.3 Å². The lowest BCUT2D eigenvalue weighted by molar-refractivity contribution is -0.114. The van der Waals surface area contributed by atoms with E-state index in [-0.39, 0.29) is 5.70 Å². The lowest BCUT2D eigenvalue weighted by atomic mass is 10.0. The van der Waals surface area contributed by atoms with Crippen molar-refractivity contribution in [2.75, 3.05) is 0 Å². The third-order valence-corrected chi connectivity index (χ3v) is 5.44. The molecule has 1 aliphatic heterocycles. The molecule has 0 unspecified atom stereocenters. The molecule has 0 bridgehead atoms. The molecule has 0 spiro atoms. The Kier molecular flexibility index (Phi) is 10.2. The maximum absolute atomic E-state index is 11.9. The smallest absolute Gasteiger partial charge is 0.255 e. The maximum atomic E-state index is 11.9. The van der Waals surface area contributed by atoms with Crippen molar-refractivity contribution in [3.63, 3.8) is 0 Å². The molecule has 0 aliphatic carbocycles. The second kappa shape index (κ2) is 12.1. The molecule has 1 heterocycles. The summed E-state index contributed by atoms with van der Waals surface area (Å²) < 4.78 is 6.00. The molecule has 150 valence electrons. The van der Waals surface area contributed by atoms with Crippen LogP contribution >= 0.6 is 24.0 Å². The van der Waals surface area contributed by atoms with Crippen LogP contribution in [0.5, 0.6) is 0 Å². The fraction of sp³-hybridized carbons (Fsp3) is 0.300. The van der Waals surface area contributed by atoms with Gasteiger partial charge in [0, 0.05) is 17.4 Å². The van der Waals surface area contributed by atoms with Gasteiger partial charge in [-0.1, -0.05) is 30.8 Å². The minimum atomic E-state index is -0.513. The molecule has 28 heavy (non-hydrogen) atoms. The molecule has 0 aromatic rings. The molecule has 0 saturated heterocycles. The normalized spacial score (nSPS) is 22.6. The second-order valence-electron chi connectivity index (χ2n) is 5.86. The fourth-order valence-corrected chi connectivity index (χ4v) is 3.56. The monoisotopic (exact) mass is 419 g/mol. The Morgan fingerprint density at radius 3 is 2.68 bits per heavy atom. The zero-order valence-corrected chi connectivity index (χ0v) is 17.7. The minimum absolute atomic E-state index is 0.260. The van der Waals surface area contributed by atoms with E-state index in [0.717, 1.165) is 22.9 Å². The van der Waals surface area contributed by atoms with E-state index in [1.165, 1.54) is 6.20 Å². The van der Waals surface area contributed by atoms with Gasteiger partial charge < -0.3 is 16.2 Å². The SMILES string of the molecule is C=N/C(C=O)=C\C/C=C(\CC)O/C1=C\C(=S)C(=CN)CC/C(C)=C(\C(N)=O)S1. The largest absolute Gasteiger partial charge is 0.455 e. The summed E-state index contributed by atoms with van der Waals surface area (Å²) in [6.07, 6.45) is 9.56. The van der Waals surface area contributed by atoms with Gasteiger partial charge in [-0.3, -0.25) is 14.6 Å². The highest BCUT2D eigenvalue weighted by atomic mass is 32.2. The van der Waals surface area contributed by atoms with Gasteiger partial charge >= 0.3 is 0 Å². The summed E-state index contributed by atoms with van der Waals surface area (Å²) in [7, 11) is 0. The number of rotatable bonds is 8. The number of thiocarbonyl (C=S) groups is 1. The average Bonchev–Trinajstić information content (AvgIpc) is 2.72.